The molecule has 1 heterocycles. The molecule has 0 spiro atoms. The van der Waals surface area contributed by atoms with Crippen LogP contribution in [0.4, 0.5) is 18.9 Å². The van der Waals surface area contributed by atoms with E-state index in [0.29, 0.717) is 12.1 Å². The van der Waals surface area contributed by atoms with Crippen molar-refractivity contribution in [1.82, 2.24) is 4.98 Å². The summed E-state index contributed by atoms with van der Waals surface area (Å²) in [5, 5.41) is 10.8. The average molecular weight is 330 g/mol. The number of halogens is 3. The lowest BCUT2D eigenvalue weighted by molar-refractivity contribution is -0.387. The summed E-state index contributed by atoms with van der Waals surface area (Å²) in [4.78, 5) is 35.1. The Labute approximate surface area is 125 Å². The number of nitro benzene ring substituents is 1. The van der Waals surface area contributed by atoms with Gasteiger partial charge in [-0.1, -0.05) is 0 Å². The molecule has 1 aromatic carbocycles. The number of nitro groups is 1. The summed E-state index contributed by atoms with van der Waals surface area (Å²) in [6.07, 6.45) is -4.96. The molecular weight excluding hydrogens is 321 g/mol. The van der Waals surface area contributed by atoms with Crippen molar-refractivity contribution in [2.45, 2.75) is 13.1 Å². The fourth-order valence-electron chi connectivity index (χ4n) is 1.98. The number of nitrogens with zero attached hydrogens (tertiary/aromatic N) is 1. The summed E-state index contributed by atoms with van der Waals surface area (Å²) < 4.78 is 43.3. The Morgan fingerprint density at radius 1 is 1.35 bits per heavy atom. The molecule has 0 amide bonds. The van der Waals surface area contributed by atoms with E-state index in [1.54, 1.807) is 0 Å². The number of rotatable bonds is 3. The van der Waals surface area contributed by atoms with Crippen molar-refractivity contribution in [2.24, 2.45) is 0 Å². The average Bonchev–Trinajstić information content (AvgIpc) is 2.44. The molecule has 0 saturated carbocycles. The minimum absolute atomic E-state index is 0.0104. The highest BCUT2D eigenvalue weighted by molar-refractivity contribution is 5.94. The molecule has 1 N–H and O–H groups in total. The number of alkyl halides is 3. The Morgan fingerprint density at radius 2 is 2.00 bits per heavy atom. The lowest BCUT2D eigenvalue weighted by atomic mass is 10.1. The summed E-state index contributed by atoms with van der Waals surface area (Å²) in [5.74, 6) is -0.974. The second kappa shape index (κ2) is 5.71. The van der Waals surface area contributed by atoms with Crippen LogP contribution >= 0.6 is 0 Å². The number of pyridine rings is 1. The fourth-order valence-corrected chi connectivity index (χ4v) is 1.98. The van der Waals surface area contributed by atoms with Gasteiger partial charge in [0.2, 0.25) is 0 Å². The molecular formula is C13H9F3N2O5. The first-order chi connectivity index (χ1) is 10.6. The highest BCUT2D eigenvalue weighted by atomic mass is 19.4. The van der Waals surface area contributed by atoms with Crippen LogP contribution in [0.5, 0.6) is 0 Å². The van der Waals surface area contributed by atoms with Gasteiger partial charge in [-0.25, -0.2) is 4.79 Å². The fraction of sp³-hybridized carbons (Fsp3) is 0.231. The van der Waals surface area contributed by atoms with E-state index in [9.17, 15) is 32.9 Å². The molecule has 0 saturated heterocycles. The van der Waals surface area contributed by atoms with Gasteiger partial charge in [-0.05, 0) is 19.1 Å². The van der Waals surface area contributed by atoms with Crippen LogP contribution in [0.3, 0.4) is 0 Å². The number of benzene rings is 1. The molecule has 7 nitrogen and oxygen atoms in total. The molecule has 1 aromatic heterocycles. The first-order valence-corrected chi connectivity index (χ1v) is 6.25. The van der Waals surface area contributed by atoms with Crippen LogP contribution in [-0.4, -0.2) is 22.5 Å². The van der Waals surface area contributed by atoms with Gasteiger partial charge in [0.15, 0.2) is 0 Å². The van der Waals surface area contributed by atoms with E-state index in [1.807, 2.05) is 0 Å². The number of fused-ring (bicyclic) bond motifs is 1. The number of ether oxygens (including phenoxy) is 1. The second-order valence-corrected chi connectivity index (χ2v) is 4.44. The molecule has 2 aromatic rings. The van der Waals surface area contributed by atoms with Crippen LogP contribution in [0.25, 0.3) is 10.9 Å². The zero-order chi connectivity index (χ0) is 17.4. The Kier molecular flexibility index (Phi) is 4.08. The number of aromatic amines is 1. The van der Waals surface area contributed by atoms with E-state index in [1.165, 1.54) is 6.92 Å². The van der Waals surface area contributed by atoms with E-state index >= 15 is 0 Å². The normalized spacial score (nSPS) is 11.5. The lowest BCUT2D eigenvalue weighted by Gasteiger charge is -2.09. The maximum absolute atomic E-state index is 12.9. The Bertz CT molecular complexity index is 857. The molecule has 0 aliphatic carbocycles. The number of hydrogen-bond donors (Lipinski definition) is 1. The van der Waals surface area contributed by atoms with Crippen molar-refractivity contribution in [3.05, 3.63) is 49.8 Å². The molecule has 23 heavy (non-hydrogen) atoms. The highest BCUT2D eigenvalue weighted by Gasteiger charge is 2.38. The SMILES string of the molecule is CCOC(=O)c1cc2cc([N+](=O)[O-])c(C(F)(F)F)cc2[nH]c1=O. The summed E-state index contributed by atoms with van der Waals surface area (Å²) in [7, 11) is 0. The first kappa shape index (κ1) is 16.5. The molecule has 0 fully saturated rings. The van der Waals surface area contributed by atoms with E-state index in [4.69, 9.17) is 0 Å². The quantitative estimate of drug-likeness (QED) is 0.529. The van der Waals surface area contributed by atoms with Gasteiger partial charge in [0.05, 0.1) is 11.5 Å². The maximum Gasteiger partial charge on any atom is 0.423 e. The van der Waals surface area contributed by atoms with Crippen LogP contribution < -0.4 is 5.56 Å². The largest absolute Gasteiger partial charge is 0.462 e. The smallest absolute Gasteiger partial charge is 0.423 e. The Hall–Kier alpha value is -2.91. The number of H-pyrrole nitrogens is 1. The zero-order valence-electron chi connectivity index (χ0n) is 11.6. The van der Waals surface area contributed by atoms with Crippen LogP contribution in [0.15, 0.2) is 23.0 Å². The van der Waals surface area contributed by atoms with Crippen molar-refractivity contribution < 1.29 is 27.6 Å². The van der Waals surface area contributed by atoms with Gasteiger partial charge in [-0.3, -0.25) is 14.9 Å². The van der Waals surface area contributed by atoms with Crippen LogP contribution in [-0.2, 0) is 10.9 Å². The van der Waals surface area contributed by atoms with Crippen molar-refractivity contribution >= 4 is 22.6 Å². The van der Waals surface area contributed by atoms with Gasteiger partial charge in [-0.15, -0.1) is 0 Å². The number of carbonyl (C=O) groups excluding carboxylic acids is 1. The third kappa shape index (κ3) is 3.15. The lowest BCUT2D eigenvalue weighted by Crippen LogP contribution is -2.20. The molecule has 0 bridgehead atoms. The monoisotopic (exact) mass is 330 g/mol. The van der Waals surface area contributed by atoms with Crippen LogP contribution in [0, 0.1) is 10.1 Å². The van der Waals surface area contributed by atoms with E-state index < -0.39 is 39.4 Å². The van der Waals surface area contributed by atoms with Gasteiger partial charge in [0, 0.05) is 17.0 Å². The highest BCUT2D eigenvalue weighted by Crippen LogP contribution is 2.38. The first-order valence-electron chi connectivity index (χ1n) is 6.25. The molecule has 10 heteroatoms. The van der Waals surface area contributed by atoms with Gasteiger partial charge in [0.25, 0.3) is 11.2 Å². The van der Waals surface area contributed by atoms with Crippen LogP contribution in [0.2, 0.25) is 0 Å². The Morgan fingerprint density at radius 3 is 2.52 bits per heavy atom. The predicted octanol–water partition coefficient (Wildman–Crippen LogP) is 2.63. The number of hydrogen-bond acceptors (Lipinski definition) is 5. The van der Waals surface area contributed by atoms with Gasteiger partial charge >= 0.3 is 12.1 Å². The Balaban J connectivity index is 2.76. The van der Waals surface area contributed by atoms with Crippen LogP contribution in [0.1, 0.15) is 22.8 Å². The van der Waals surface area contributed by atoms with E-state index in [2.05, 4.69) is 9.72 Å². The predicted molar refractivity (Wildman–Crippen MR) is 72.2 cm³/mol. The van der Waals surface area contributed by atoms with Gasteiger partial charge in [-0.2, -0.15) is 13.2 Å². The summed E-state index contributed by atoms with van der Waals surface area (Å²) in [6, 6.07) is 2.07. The summed E-state index contributed by atoms with van der Waals surface area (Å²) >= 11 is 0. The van der Waals surface area contributed by atoms with Crippen molar-refractivity contribution in [3.8, 4) is 0 Å². The van der Waals surface area contributed by atoms with Gasteiger partial charge in [0.1, 0.15) is 11.1 Å². The maximum atomic E-state index is 12.9. The molecule has 0 atom stereocenters. The number of aromatic nitrogens is 1. The minimum Gasteiger partial charge on any atom is -0.462 e. The van der Waals surface area contributed by atoms with E-state index in [-0.39, 0.29) is 17.5 Å². The zero-order valence-corrected chi connectivity index (χ0v) is 11.6. The third-order valence-corrected chi connectivity index (χ3v) is 2.96. The topological polar surface area (TPSA) is 102 Å². The third-order valence-electron chi connectivity index (χ3n) is 2.96. The van der Waals surface area contributed by atoms with Crippen molar-refractivity contribution in [3.63, 3.8) is 0 Å². The standard InChI is InChI=1S/C13H9F3N2O5/c1-2-23-12(20)7-3-6-4-10(18(21)22)8(13(14,15)16)5-9(6)17-11(7)19/h3-5H,2H2,1H3,(H,17,19). The van der Waals surface area contributed by atoms with E-state index in [0.717, 1.165) is 6.07 Å². The van der Waals surface area contributed by atoms with Gasteiger partial charge < -0.3 is 9.72 Å². The molecule has 0 aliphatic heterocycles. The summed E-state index contributed by atoms with van der Waals surface area (Å²) in [5.41, 5.74) is -4.34. The number of carbonyl (C=O) groups is 1. The molecule has 0 radical (unpaired) electrons. The molecule has 0 aliphatic rings. The molecule has 2 rings (SSSR count). The van der Waals surface area contributed by atoms with Crippen molar-refractivity contribution in [2.75, 3.05) is 6.61 Å². The van der Waals surface area contributed by atoms with Crippen molar-refractivity contribution in [1.29, 1.82) is 0 Å². The number of nitrogens with one attached hydrogen (secondary N) is 1. The second-order valence-electron chi connectivity index (χ2n) is 4.44. The minimum atomic E-state index is -4.96. The summed E-state index contributed by atoms with van der Waals surface area (Å²) in [6.45, 7) is 1.50. The number of esters is 1. The molecule has 0 unspecified atom stereocenters. The molecule has 122 valence electrons.